The lowest BCUT2D eigenvalue weighted by Crippen LogP contribution is -2.48. The second-order valence-electron chi connectivity index (χ2n) is 8.16. The molecule has 0 radical (unpaired) electrons. The molecule has 29 heavy (non-hydrogen) atoms. The van der Waals surface area contributed by atoms with E-state index >= 15 is 0 Å². The van der Waals surface area contributed by atoms with Crippen molar-refractivity contribution in [3.63, 3.8) is 0 Å². The summed E-state index contributed by atoms with van der Waals surface area (Å²) >= 11 is 0. The zero-order valence-electron chi connectivity index (χ0n) is 16.4. The predicted octanol–water partition coefficient (Wildman–Crippen LogP) is 2.52. The molecule has 5 rings (SSSR count). The molecule has 152 valence electrons. The average molecular weight is 394 g/mol. The number of fused-ring (bicyclic) bond motifs is 2. The first kappa shape index (κ1) is 18.5. The third-order valence-electron chi connectivity index (χ3n) is 6.02. The molecule has 3 heterocycles. The van der Waals surface area contributed by atoms with Gasteiger partial charge >= 0.3 is 0 Å². The molecule has 6 nitrogen and oxygen atoms in total. The molecule has 0 unspecified atom stereocenters. The van der Waals surface area contributed by atoms with E-state index in [1.54, 1.807) is 0 Å². The van der Waals surface area contributed by atoms with Gasteiger partial charge in [0, 0.05) is 38.2 Å². The van der Waals surface area contributed by atoms with Gasteiger partial charge in [-0.15, -0.1) is 0 Å². The maximum absolute atomic E-state index is 11.5. The number of nitrogens with zero attached hydrogens (tertiary/aromatic N) is 1. The maximum atomic E-state index is 11.5. The third-order valence-corrected chi connectivity index (χ3v) is 6.02. The molecule has 2 N–H and O–H groups in total. The number of anilines is 1. The molecule has 0 spiro atoms. The number of aliphatic hydroxyl groups is 1. The van der Waals surface area contributed by atoms with Crippen molar-refractivity contribution in [3.05, 3.63) is 53.1 Å². The first-order valence-electron chi connectivity index (χ1n) is 10.4. The number of piperidine rings is 1. The van der Waals surface area contributed by atoms with Crippen molar-refractivity contribution in [2.24, 2.45) is 0 Å². The molecule has 0 saturated carbocycles. The Balaban J connectivity index is 1.19. The van der Waals surface area contributed by atoms with Crippen LogP contribution in [-0.2, 0) is 24.2 Å². The predicted molar refractivity (Wildman–Crippen MR) is 109 cm³/mol. The number of carbonyl (C=O) groups excluding carboxylic acids is 1. The van der Waals surface area contributed by atoms with Crippen LogP contribution in [0.3, 0.4) is 0 Å². The molecule has 0 bridgehead atoms. The summed E-state index contributed by atoms with van der Waals surface area (Å²) in [5.74, 6) is 1.83. The zero-order valence-corrected chi connectivity index (χ0v) is 16.4. The normalized spacial score (nSPS) is 23.7. The molecule has 1 amide bonds. The summed E-state index contributed by atoms with van der Waals surface area (Å²) in [5.41, 5.74) is 4.50. The van der Waals surface area contributed by atoms with E-state index in [2.05, 4.69) is 28.4 Å². The molecule has 3 aliphatic rings. The minimum atomic E-state index is -0.530. The summed E-state index contributed by atoms with van der Waals surface area (Å²) < 4.78 is 11.7. The fourth-order valence-electron chi connectivity index (χ4n) is 4.46. The fourth-order valence-corrected chi connectivity index (χ4v) is 4.46. The van der Waals surface area contributed by atoms with Crippen molar-refractivity contribution < 1.29 is 19.4 Å². The molecule has 6 heteroatoms. The van der Waals surface area contributed by atoms with Gasteiger partial charge in [0.15, 0.2) is 0 Å². The van der Waals surface area contributed by atoms with Crippen LogP contribution in [0.5, 0.6) is 11.5 Å². The molecule has 1 fully saturated rings. The molecule has 3 aliphatic heterocycles. The standard InChI is InChI=1S/C23H26N2O4/c26-20-14-25(13-15-1-5-21-17(11-15)8-10-28-21)9-7-22(20)29-18-3-4-19-16(12-18)2-6-23(27)24-19/h1,3-5,11-12,20,22,26H,2,6-10,13-14H2,(H,24,27)/t20-,22-/m1/s1. The van der Waals surface area contributed by atoms with Crippen LogP contribution in [0.2, 0.25) is 0 Å². The van der Waals surface area contributed by atoms with Crippen LogP contribution >= 0.6 is 0 Å². The highest BCUT2D eigenvalue weighted by Crippen LogP contribution is 2.29. The quantitative estimate of drug-likeness (QED) is 0.834. The van der Waals surface area contributed by atoms with Crippen molar-refractivity contribution in [2.75, 3.05) is 25.0 Å². The number of benzene rings is 2. The highest BCUT2D eigenvalue weighted by atomic mass is 16.5. The number of carbonyl (C=O) groups is 1. The van der Waals surface area contributed by atoms with Gasteiger partial charge in [-0.3, -0.25) is 9.69 Å². The van der Waals surface area contributed by atoms with Crippen LogP contribution < -0.4 is 14.8 Å². The van der Waals surface area contributed by atoms with Crippen LogP contribution in [0.15, 0.2) is 36.4 Å². The van der Waals surface area contributed by atoms with Crippen molar-refractivity contribution in [1.82, 2.24) is 4.90 Å². The summed E-state index contributed by atoms with van der Waals surface area (Å²) in [6, 6.07) is 12.1. The van der Waals surface area contributed by atoms with E-state index in [4.69, 9.17) is 9.47 Å². The van der Waals surface area contributed by atoms with Crippen LogP contribution in [0, 0.1) is 0 Å². The topological polar surface area (TPSA) is 71.0 Å². The molecule has 1 saturated heterocycles. The Morgan fingerprint density at radius 1 is 1.14 bits per heavy atom. The molecule has 0 aromatic heterocycles. The molecular weight excluding hydrogens is 368 g/mol. The summed E-state index contributed by atoms with van der Waals surface area (Å²) in [5, 5.41) is 13.5. The van der Waals surface area contributed by atoms with Gasteiger partial charge in [0.25, 0.3) is 0 Å². The van der Waals surface area contributed by atoms with Gasteiger partial charge in [0.2, 0.25) is 5.91 Å². The number of hydrogen-bond acceptors (Lipinski definition) is 5. The van der Waals surface area contributed by atoms with Gasteiger partial charge in [-0.2, -0.15) is 0 Å². The van der Waals surface area contributed by atoms with Crippen LogP contribution in [0.4, 0.5) is 5.69 Å². The van der Waals surface area contributed by atoms with Crippen LogP contribution in [0.1, 0.15) is 29.5 Å². The second kappa shape index (κ2) is 7.69. The Morgan fingerprint density at radius 3 is 2.97 bits per heavy atom. The van der Waals surface area contributed by atoms with E-state index in [0.29, 0.717) is 13.0 Å². The molecule has 2 aromatic carbocycles. The highest BCUT2D eigenvalue weighted by Gasteiger charge is 2.30. The van der Waals surface area contributed by atoms with Gasteiger partial charge in [0.05, 0.1) is 6.61 Å². The van der Waals surface area contributed by atoms with Gasteiger partial charge in [-0.1, -0.05) is 12.1 Å². The van der Waals surface area contributed by atoms with Gasteiger partial charge in [-0.25, -0.2) is 0 Å². The Labute approximate surface area is 170 Å². The number of hydrogen-bond donors (Lipinski definition) is 2. The minimum absolute atomic E-state index is 0.0601. The number of rotatable bonds is 4. The van der Waals surface area contributed by atoms with E-state index in [-0.39, 0.29) is 12.0 Å². The largest absolute Gasteiger partial charge is 0.493 e. The van der Waals surface area contributed by atoms with Crippen LogP contribution in [-0.4, -0.2) is 47.8 Å². The Kier molecular flexibility index (Phi) is 4.89. The molecular formula is C23H26N2O4. The first-order chi connectivity index (χ1) is 14.1. The summed E-state index contributed by atoms with van der Waals surface area (Å²) in [6.45, 7) is 3.08. The lowest BCUT2D eigenvalue weighted by Gasteiger charge is -2.36. The minimum Gasteiger partial charge on any atom is -0.493 e. The maximum Gasteiger partial charge on any atom is 0.224 e. The number of aliphatic hydroxyl groups excluding tert-OH is 1. The molecule has 2 atom stereocenters. The first-order valence-corrected chi connectivity index (χ1v) is 10.4. The fraction of sp³-hybridized carbons (Fsp3) is 0.435. The van der Waals surface area contributed by atoms with E-state index in [9.17, 15) is 9.90 Å². The zero-order chi connectivity index (χ0) is 19.8. The lowest BCUT2D eigenvalue weighted by molar-refractivity contribution is -0.116. The van der Waals surface area contributed by atoms with Gasteiger partial charge in [-0.05, 0) is 53.8 Å². The van der Waals surface area contributed by atoms with E-state index < -0.39 is 6.10 Å². The monoisotopic (exact) mass is 394 g/mol. The number of aryl methyl sites for hydroxylation is 1. The number of nitrogens with one attached hydrogen (secondary N) is 1. The van der Waals surface area contributed by atoms with Crippen molar-refractivity contribution >= 4 is 11.6 Å². The summed E-state index contributed by atoms with van der Waals surface area (Å²) in [7, 11) is 0. The summed E-state index contributed by atoms with van der Waals surface area (Å²) in [4.78, 5) is 13.8. The Hall–Kier alpha value is -2.57. The molecule has 0 aliphatic carbocycles. The number of β-amino-alcohol motifs (C(OH)–C–C–N with tert-alkyl or cyclic N) is 1. The Bertz CT molecular complexity index is 929. The van der Waals surface area contributed by atoms with Crippen molar-refractivity contribution in [3.8, 4) is 11.5 Å². The van der Waals surface area contributed by atoms with Crippen molar-refractivity contribution in [2.45, 2.75) is 44.4 Å². The van der Waals surface area contributed by atoms with Crippen LogP contribution in [0.25, 0.3) is 0 Å². The van der Waals surface area contributed by atoms with E-state index in [1.165, 1.54) is 11.1 Å². The third kappa shape index (κ3) is 3.95. The van der Waals surface area contributed by atoms with Gasteiger partial charge in [0.1, 0.15) is 23.7 Å². The number of amides is 1. The molecule has 2 aromatic rings. The average Bonchev–Trinajstić information content (AvgIpc) is 3.18. The second-order valence-corrected chi connectivity index (χ2v) is 8.16. The van der Waals surface area contributed by atoms with E-state index in [0.717, 1.165) is 61.7 Å². The highest BCUT2D eigenvalue weighted by molar-refractivity contribution is 5.94. The smallest absolute Gasteiger partial charge is 0.224 e. The number of likely N-dealkylation sites (tertiary alicyclic amines) is 1. The lowest BCUT2D eigenvalue weighted by atomic mass is 10.0. The summed E-state index contributed by atoms with van der Waals surface area (Å²) in [6.07, 6.45) is 2.25. The Morgan fingerprint density at radius 2 is 2.07 bits per heavy atom. The van der Waals surface area contributed by atoms with Crippen molar-refractivity contribution in [1.29, 1.82) is 0 Å². The van der Waals surface area contributed by atoms with Gasteiger partial charge < -0.3 is 19.9 Å². The number of ether oxygens (including phenoxy) is 2. The SMILES string of the molecule is O=C1CCc2cc(O[C@@H]3CCN(Cc4ccc5c(c4)CCO5)C[C@H]3O)ccc2N1. The van der Waals surface area contributed by atoms with E-state index in [1.807, 2.05) is 18.2 Å².